The number of amides is 2. The quantitative estimate of drug-likeness (QED) is 0.787. The summed E-state index contributed by atoms with van der Waals surface area (Å²) in [6, 6.07) is 9.43. The van der Waals surface area contributed by atoms with E-state index in [4.69, 9.17) is 0 Å². The van der Waals surface area contributed by atoms with Crippen LogP contribution in [0.1, 0.15) is 32.1 Å². The Morgan fingerprint density at radius 2 is 1.86 bits per heavy atom. The lowest BCUT2D eigenvalue weighted by Gasteiger charge is -2.40. The van der Waals surface area contributed by atoms with E-state index < -0.39 is 6.04 Å². The Bertz CT molecular complexity index is 518. The van der Waals surface area contributed by atoms with Gasteiger partial charge in [-0.2, -0.15) is 0 Å². The Balaban J connectivity index is 1.56. The van der Waals surface area contributed by atoms with Crippen molar-refractivity contribution in [1.29, 1.82) is 0 Å². The predicted molar refractivity (Wildman–Crippen MR) is 80.8 cm³/mol. The van der Waals surface area contributed by atoms with E-state index in [9.17, 15) is 9.59 Å². The highest BCUT2D eigenvalue weighted by Crippen LogP contribution is 2.22. The van der Waals surface area contributed by atoms with E-state index in [1.807, 2.05) is 30.3 Å². The maximum Gasteiger partial charge on any atom is 0.237 e. The number of benzene rings is 1. The van der Waals surface area contributed by atoms with Crippen LogP contribution in [0.5, 0.6) is 0 Å². The van der Waals surface area contributed by atoms with Crippen molar-refractivity contribution in [2.75, 3.05) is 5.32 Å². The van der Waals surface area contributed by atoms with Crippen LogP contribution in [0, 0.1) is 0 Å². The van der Waals surface area contributed by atoms with Gasteiger partial charge in [-0.25, -0.2) is 0 Å². The minimum Gasteiger partial charge on any atom is -0.350 e. The maximum atomic E-state index is 12.1. The fourth-order valence-electron chi connectivity index (χ4n) is 3.19. The molecule has 112 valence electrons. The van der Waals surface area contributed by atoms with Gasteiger partial charge in [0.05, 0.1) is 12.5 Å². The molecule has 21 heavy (non-hydrogen) atoms. The smallest absolute Gasteiger partial charge is 0.237 e. The number of hydrogen-bond donors (Lipinski definition) is 3. The molecule has 1 aliphatic carbocycles. The molecule has 3 atom stereocenters. The van der Waals surface area contributed by atoms with Gasteiger partial charge in [0, 0.05) is 17.8 Å². The molecule has 1 heterocycles. The number of carbonyl (C=O) groups is 2. The first-order chi connectivity index (χ1) is 10.2. The van der Waals surface area contributed by atoms with Gasteiger partial charge in [-0.3, -0.25) is 9.59 Å². The van der Waals surface area contributed by atoms with E-state index in [0.29, 0.717) is 6.04 Å². The molecule has 5 heteroatoms. The van der Waals surface area contributed by atoms with Gasteiger partial charge < -0.3 is 16.0 Å². The summed E-state index contributed by atoms with van der Waals surface area (Å²) >= 11 is 0. The molecule has 2 fully saturated rings. The third kappa shape index (κ3) is 3.42. The van der Waals surface area contributed by atoms with Crippen molar-refractivity contribution in [1.82, 2.24) is 10.6 Å². The van der Waals surface area contributed by atoms with E-state index >= 15 is 0 Å². The average molecular weight is 287 g/mol. The summed E-state index contributed by atoms with van der Waals surface area (Å²) in [6.07, 6.45) is 4.63. The number of carbonyl (C=O) groups excluding carboxylic acids is 2. The number of anilines is 1. The molecule has 0 radical (unpaired) electrons. The third-order valence-corrected chi connectivity index (χ3v) is 4.27. The highest BCUT2D eigenvalue weighted by molar-refractivity contribution is 5.95. The molecule has 0 aromatic heterocycles. The molecule has 0 spiro atoms. The zero-order valence-electron chi connectivity index (χ0n) is 12.0. The van der Waals surface area contributed by atoms with Crippen molar-refractivity contribution in [2.45, 2.75) is 50.2 Å². The van der Waals surface area contributed by atoms with Gasteiger partial charge in [0.1, 0.15) is 0 Å². The van der Waals surface area contributed by atoms with Gasteiger partial charge in [-0.1, -0.05) is 31.0 Å². The summed E-state index contributed by atoms with van der Waals surface area (Å²) in [5.74, 6) is -0.190. The van der Waals surface area contributed by atoms with Crippen LogP contribution in [0.15, 0.2) is 30.3 Å². The predicted octanol–water partition coefficient (Wildman–Crippen LogP) is 1.41. The summed E-state index contributed by atoms with van der Waals surface area (Å²) < 4.78 is 0. The molecule has 1 saturated heterocycles. The van der Waals surface area contributed by atoms with Crippen molar-refractivity contribution in [3.63, 3.8) is 0 Å². The highest BCUT2D eigenvalue weighted by atomic mass is 16.2. The lowest BCUT2D eigenvalue weighted by atomic mass is 9.87. The van der Waals surface area contributed by atoms with Crippen molar-refractivity contribution >= 4 is 17.5 Å². The topological polar surface area (TPSA) is 70.2 Å². The molecule has 1 aromatic carbocycles. The van der Waals surface area contributed by atoms with E-state index in [1.54, 1.807) is 0 Å². The van der Waals surface area contributed by atoms with Gasteiger partial charge >= 0.3 is 0 Å². The molecule has 2 amide bonds. The van der Waals surface area contributed by atoms with Crippen LogP contribution in [0.2, 0.25) is 0 Å². The SMILES string of the molecule is O=C(C[C@@H]1N[C@H]2CCCC[C@H]2NC1=O)Nc1ccccc1. The largest absolute Gasteiger partial charge is 0.350 e. The first-order valence-electron chi connectivity index (χ1n) is 7.64. The normalized spacial score (nSPS) is 28.4. The zero-order chi connectivity index (χ0) is 14.7. The van der Waals surface area contributed by atoms with E-state index in [0.717, 1.165) is 18.5 Å². The molecule has 1 aliphatic heterocycles. The molecule has 3 N–H and O–H groups in total. The molecular weight excluding hydrogens is 266 g/mol. The molecule has 3 rings (SSSR count). The number of piperazine rings is 1. The summed E-state index contributed by atoms with van der Waals surface area (Å²) in [4.78, 5) is 24.1. The second-order valence-electron chi connectivity index (χ2n) is 5.84. The van der Waals surface area contributed by atoms with Gasteiger partial charge in [-0.15, -0.1) is 0 Å². The number of fused-ring (bicyclic) bond motifs is 1. The molecule has 5 nitrogen and oxygen atoms in total. The first kappa shape index (κ1) is 14.1. The van der Waals surface area contributed by atoms with Gasteiger partial charge in [0.2, 0.25) is 11.8 Å². The van der Waals surface area contributed by atoms with E-state index in [2.05, 4.69) is 16.0 Å². The Labute approximate surface area is 124 Å². The molecule has 0 unspecified atom stereocenters. The second kappa shape index (κ2) is 6.26. The molecule has 0 bridgehead atoms. The fourth-order valence-corrected chi connectivity index (χ4v) is 3.19. The second-order valence-corrected chi connectivity index (χ2v) is 5.84. The highest BCUT2D eigenvalue weighted by Gasteiger charge is 2.36. The van der Waals surface area contributed by atoms with Gasteiger partial charge in [-0.05, 0) is 25.0 Å². The van der Waals surface area contributed by atoms with Crippen molar-refractivity contribution < 1.29 is 9.59 Å². The van der Waals surface area contributed by atoms with Crippen LogP contribution in [0.3, 0.4) is 0 Å². The summed E-state index contributed by atoms with van der Waals surface area (Å²) in [5, 5.41) is 9.23. The van der Waals surface area contributed by atoms with Gasteiger partial charge in [0.25, 0.3) is 0 Å². The minimum absolute atomic E-state index is 0.0543. The first-order valence-corrected chi connectivity index (χ1v) is 7.64. The van der Waals surface area contributed by atoms with Gasteiger partial charge in [0.15, 0.2) is 0 Å². The minimum atomic E-state index is -0.423. The van der Waals surface area contributed by atoms with E-state index in [1.165, 1.54) is 12.8 Å². The van der Waals surface area contributed by atoms with E-state index in [-0.39, 0.29) is 24.3 Å². The van der Waals surface area contributed by atoms with Crippen LogP contribution in [0.4, 0.5) is 5.69 Å². The van der Waals surface area contributed by atoms with Crippen molar-refractivity contribution in [3.8, 4) is 0 Å². The summed E-state index contributed by atoms with van der Waals surface area (Å²) in [7, 11) is 0. The summed E-state index contributed by atoms with van der Waals surface area (Å²) in [5.41, 5.74) is 0.759. The maximum absolute atomic E-state index is 12.1. The lowest BCUT2D eigenvalue weighted by molar-refractivity contribution is -0.129. The Morgan fingerprint density at radius 3 is 2.62 bits per heavy atom. The average Bonchev–Trinajstić information content (AvgIpc) is 2.49. The number of nitrogens with one attached hydrogen (secondary N) is 3. The Kier molecular flexibility index (Phi) is 4.20. The van der Waals surface area contributed by atoms with Crippen LogP contribution in [0.25, 0.3) is 0 Å². The molecule has 1 saturated carbocycles. The molecule has 1 aromatic rings. The number of rotatable bonds is 3. The number of hydrogen-bond acceptors (Lipinski definition) is 3. The van der Waals surface area contributed by atoms with Crippen LogP contribution in [-0.2, 0) is 9.59 Å². The summed E-state index contributed by atoms with van der Waals surface area (Å²) in [6.45, 7) is 0. The Morgan fingerprint density at radius 1 is 1.14 bits per heavy atom. The van der Waals surface area contributed by atoms with Crippen molar-refractivity contribution in [2.24, 2.45) is 0 Å². The van der Waals surface area contributed by atoms with Crippen LogP contribution < -0.4 is 16.0 Å². The standard InChI is InChI=1S/C16H21N3O2/c20-15(17-11-6-2-1-3-7-11)10-14-16(21)19-13-9-5-4-8-12(13)18-14/h1-3,6-7,12-14,18H,4-5,8-10H2,(H,17,20)(H,19,21)/t12-,13+,14-/m0/s1. The van der Waals surface area contributed by atoms with Crippen molar-refractivity contribution in [3.05, 3.63) is 30.3 Å². The van der Waals surface area contributed by atoms with Crippen LogP contribution in [-0.4, -0.2) is 29.9 Å². The Hall–Kier alpha value is -1.88. The lowest BCUT2D eigenvalue weighted by Crippen LogP contribution is -2.65. The molecule has 2 aliphatic rings. The monoisotopic (exact) mass is 287 g/mol. The molecular formula is C16H21N3O2. The van der Waals surface area contributed by atoms with Crippen LogP contribution >= 0.6 is 0 Å². The third-order valence-electron chi connectivity index (χ3n) is 4.27. The zero-order valence-corrected chi connectivity index (χ0v) is 12.0. The number of para-hydroxylation sites is 1. The fraction of sp³-hybridized carbons (Fsp3) is 0.500.